The molecule has 0 unspecified atom stereocenters. The van der Waals surface area contributed by atoms with Crippen molar-refractivity contribution < 1.29 is 19.1 Å². The maximum Gasteiger partial charge on any atom is 0.258 e. The Balaban J connectivity index is 1.66. The maximum absolute atomic E-state index is 11.8. The van der Waals surface area contributed by atoms with Gasteiger partial charge >= 0.3 is 0 Å². The summed E-state index contributed by atoms with van der Waals surface area (Å²) in [6.45, 7) is 0.505. The summed E-state index contributed by atoms with van der Waals surface area (Å²) < 4.78 is 10.5. The van der Waals surface area contributed by atoms with Crippen molar-refractivity contribution in [2.24, 2.45) is 0 Å². The molecule has 0 radical (unpaired) electrons. The number of pyridine rings is 1. The molecule has 2 amide bonds. The predicted molar refractivity (Wildman–Crippen MR) is 88.1 cm³/mol. The number of carbonyl (C=O) groups excluding carboxylic acids is 2. The number of nitrogens with one attached hydrogen (secondary N) is 2. The Kier molecular flexibility index (Phi) is 6.58. The lowest BCUT2D eigenvalue weighted by Gasteiger charge is -2.10. The minimum absolute atomic E-state index is 0.126. The Morgan fingerprint density at radius 3 is 2.38 bits per heavy atom. The van der Waals surface area contributed by atoms with Crippen LogP contribution in [0.3, 0.4) is 0 Å². The first-order chi connectivity index (χ1) is 11.7. The third-order valence-electron chi connectivity index (χ3n) is 3.10. The second kappa shape index (κ2) is 9.14. The van der Waals surface area contributed by atoms with Crippen molar-refractivity contribution in [2.75, 3.05) is 26.8 Å². The fraction of sp³-hybridized carbons (Fsp3) is 0.235. The van der Waals surface area contributed by atoms with Gasteiger partial charge in [-0.05, 0) is 24.3 Å². The molecule has 0 saturated heterocycles. The lowest BCUT2D eigenvalue weighted by atomic mass is 10.2. The second-order valence-corrected chi connectivity index (χ2v) is 4.78. The molecule has 0 saturated carbocycles. The van der Waals surface area contributed by atoms with E-state index in [9.17, 15) is 9.59 Å². The zero-order valence-corrected chi connectivity index (χ0v) is 13.3. The highest BCUT2D eigenvalue weighted by atomic mass is 16.5. The summed E-state index contributed by atoms with van der Waals surface area (Å²) in [5.41, 5.74) is 0.524. The van der Waals surface area contributed by atoms with Gasteiger partial charge in [0.2, 0.25) is 0 Å². The van der Waals surface area contributed by atoms with Crippen molar-refractivity contribution in [1.82, 2.24) is 15.6 Å². The number of rotatable bonds is 8. The third-order valence-corrected chi connectivity index (χ3v) is 3.10. The van der Waals surface area contributed by atoms with Crippen LogP contribution >= 0.6 is 0 Å². The van der Waals surface area contributed by atoms with Crippen molar-refractivity contribution in [3.8, 4) is 11.5 Å². The van der Waals surface area contributed by atoms with E-state index in [0.717, 1.165) is 0 Å². The number of hydrogen-bond donors (Lipinski definition) is 2. The van der Waals surface area contributed by atoms with Crippen LogP contribution in [0, 0.1) is 0 Å². The number of para-hydroxylation sites is 2. The lowest BCUT2D eigenvalue weighted by molar-refractivity contribution is -0.123. The Morgan fingerprint density at radius 1 is 1.00 bits per heavy atom. The number of benzene rings is 1. The largest absolute Gasteiger partial charge is 0.493 e. The van der Waals surface area contributed by atoms with Gasteiger partial charge in [-0.2, -0.15) is 0 Å². The van der Waals surface area contributed by atoms with E-state index in [1.165, 1.54) is 7.11 Å². The molecule has 7 nitrogen and oxygen atoms in total. The summed E-state index contributed by atoms with van der Waals surface area (Å²) in [7, 11) is 1.54. The molecule has 2 aromatic rings. The molecule has 2 N–H and O–H groups in total. The van der Waals surface area contributed by atoms with Gasteiger partial charge < -0.3 is 20.1 Å². The Labute approximate surface area is 140 Å². The van der Waals surface area contributed by atoms with Gasteiger partial charge in [0.1, 0.15) is 0 Å². The predicted octanol–water partition coefficient (Wildman–Crippen LogP) is 1.02. The van der Waals surface area contributed by atoms with E-state index >= 15 is 0 Å². The summed E-state index contributed by atoms with van der Waals surface area (Å²) >= 11 is 0. The molecule has 0 bridgehead atoms. The number of nitrogens with zero attached hydrogens (tertiary/aromatic N) is 1. The summed E-state index contributed by atoms with van der Waals surface area (Å²) in [6.07, 6.45) is 3.10. The van der Waals surface area contributed by atoms with Gasteiger partial charge in [0.05, 0.1) is 7.11 Å². The molecule has 1 aromatic carbocycles. The topological polar surface area (TPSA) is 89.5 Å². The number of amides is 2. The van der Waals surface area contributed by atoms with Gasteiger partial charge in [0.25, 0.3) is 11.8 Å². The summed E-state index contributed by atoms with van der Waals surface area (Å²) in [6, 6.07) is 10.3. The van der Waals surface area contributed by atoms with E-state index in [2.05, 4.69) is 15.6 Å². The molecule has 1 aromatic heterocycles. The fourth-order valence-corrected chi connectivity index (χ4v) is 1.92. The van der Waals surface area contributed by atoms with Crippen molar-refractivity contribution in [3.05, 3.63) is 54.4 Å². The molecule has 2 rings (SSSR count). The molecule has 0 spiro atoms. The van der Waals surface area contributed by atoms with Crippen LogP contribution in [0.4, 0.5) is 0 Å². The quantitative estimate of drug-likeness (QED) is 0.706. The molecular weight excluding hydrogens is 310 g/mol. The van der Waals surface area contributed by atoms with Crippen LogP contribution < -0.4 is 20.1 Å². The molecule has 1 heterocycles. The van der Waals surface area contributed by atoms with E-state index < -0.39 is 0 Å². The summed E-state index contributed by atoms with van der Waals surface area (Å²) in [5.74, 6) is 0.576. The third kappa shape index (κ3) is 5.28. The standard InChI is InChI=1S/C17H19N3O4/c1-23-14-4-2-3-5-15(14)24-12-16(21)19-10-11-20-17(22)13-6-8-18-9-7-13/h2-9H,10-12H2,1H3,(H,19,21)(H,20,22). The fourth-order valence-electron chi connectivity index (χ4n) is 1.92. The van der Waals surface area contributed by atoms with Crippen molar-refractivity contribution in [1.29, 1.82) is 0 Å². The zero-order valence-electron chi connectivity index (χ0n) is 13.3. The Morgan fingerprint density at radius 2 is 1.67 bits per heavy atom. The molecule has 0 aliphatic rings. The van der Waals surface area contributed by atoms with Crippen LogP contribution in [0.25, 0.3) is 0 Å². The average molecular weight is 329 g/mol. The minimum atomic E-state index is -0.279. The summed E-state index contributed by atoms with van der Waals surface area (Å²) in [4.78, 5) is 27.4. The molecule has 24 heavy (non-hydrogen) atoms. The van der Waals surface area contributed by atoms with Gasteiger partial charge in [-0.1, -0.05) is 12.1 Å². The first-order valence-corrected chi connectivity index (χ1v) is 7.41. The number of carbonyl (C=O) groups is 2. The highest BCUT2D eigenvalue weighted by Gasteiger charge is 2.07. The summed E-state index contributed by atoms with van der Waals surface area (Å²) in [5, 5.41) is 5.37. The molecule has 0 atom stereocenters. The molecule has 7 heteroatoms. The number of methoxy groups -OCH3 is 1. The van der Waals surface area contributed by atoms with Crippen LogP contribution in [0.5, 0.6) is 11.5 Å². The van der Waals surface area contributed by atoms with Gasteiger partial charge in [-0.3, -0.25) is 14.6 Å². The monoisotopic (exact) mass is 329 g/mol. The number of aromatic nitrogens is 1. The molecule has 0 aliphatic heterocycles. The van der Waals surface area contributed by atoms with E-state index in [-0.39, 0.29) is 18.4 Å². The average Bonchev–Trinajstić information content (AvgIpc) is 2.64. The Bertz CT molecular complexity index is 677. The maximum atomic E-state index is 11.8. The van der Waals surface area contributed by atoms with Gasteiger partial charge in [0.15, 0.2) is 18.1 Å². The first-order valence-electron chi connectivity index (χ1n) is 7.41. The van der Waals surface area contributed by atoms with Gasteiger partial charge in [0, 0.05) is 31.0 Å². The van der Waals surface area contributed by atoms with Crippen LogP contribution in [0.15, 0.2) is 48.8 Å². The second-order valence-electron chi connectivity index (χ2n) is 4.78. The van der Waals surface area contributed by atoms with Crippen molar-refractivity contribution >= 4 is 11.8 Å². The van der Waals surface area contributed by atoms with E-state index in [0.29, 0.717) is 30.2 Å². The first kappa shape index (κ1) is 17.3. The highest BCUT2D eigenvalue weighted by molar-refractivity contribution is 5.93. The van der Waals surface area contributed by atoms with Crippen molar-refractivity contribution in [2.45, 2.75) is 0 Å². The highest BCUT2D eigenvalue weighted by Crippen LogP contribution is 2.25. The number of hydrogen-bond acceptors (Lipinski definition) is 5. The van der Waals surface area contributed by atoms with Gasteiger partial charge in [-0.15, -0.1) is 0 Å². The van der Waals surface area contributed by atoms with E-state index in [1.807, 2.05) is 6.07 Å². The van der Waals surface area contributed by atoms with Crippen LogP contribution in [0.2, 0.25) is 0 Å². The van der Waals surface area contributed by atoms with Crippen LogP contribution in [-0.2, 0) is 4.79 Å². The minimum Gasteiger partial charge on any atom is -0.493 e. The SMILES string of the molecule is COc1ccccc1OCC(=O)NCCNC(=O)c1ccncc1. The smallest absolute Gasteiger partial charge is 0.258 e. The normalized spacial score (nSPS) is 9.88. The molecule has 0 fully saturated rings. The van der Waals surface area contributed by atoms with E-state index in [4.69, 9.17) is 9.47 Å². The molecule has 126 valence electrons. The number of ether oxygens (including phenoxy) is 2. The van der Waals surface area contributed by atoms with E-state index in [1.54, 1.807) is 42.7 Å². The van der Waals surface area contributed by atoms with Crippen LogP contribution in [0.1, 0.15) is 10.4 Å². The molecular formula is C17H19N3O4. The van der Waals surface area contributed by atoms with Gasteiger partial charge in [-0.25, -0.2) is 0 Å². The zero-order chi connectivity index (χ0) is 17.2. The Hall–Kier alpha value is -3.09. The lowest BCUT2D eigenvalue weighted by Crippen LogP contribution is -2.36. The molecule has 0 aliphatic carbocycles. The van der Waals surface area contributed by atoms with Crippen molar-refractivity contribution in [3.63, 3.8) is 0 Å². The van der Waals surface area contributed by atoms with Crippen LogP contribution in [-0.4, -0.2) is 43.6 Å².